The fourth-order valence-corrected chi connectivity index (χ4v) is 1.65. The number of nitrogens with two attached hydrogens (primary N) is 1. The van der Waals surface area contributed by atoms with Gasteiger partial charge in [-0.25, -0.2) is 15.0 Å². The largest absolute Gasteiger partial charge is 0.507 e. The van der Waals surface area contributed by atoms with Gasteiger partial charge < -0.3 is 15.8 Å². The summed E-state index contributed by atoms with van der Waals surface area (Å²) in [7, 11) is 0. The van der Waals surface area contributed by atoms with Crippen molar-refractivity contribution in [1.82, 2.24) is 19.9 Å². The van der Waals surface area contributed by atoms with Gasteiger partial charge in [0.1, 0.15) is 23.4 Å². The lowest BCUT2D eigenvalue weighted by atomic mass is 10.2. The maximum atomic E-state index is 9.73. The number of phenolic OH excluding ortho intramolecular Hbond substituents is 1. The smallest absolute Gasteiger partial charge is 0.183 e. The molecule has 2 aromatic heterocycles. The highest BCUT2D eigenvalue weighted by atomic mass is 16.3. The van der Waals surface area contributed by atoms with E-state index in [1.165, 1.54) is 6.33 Å². The lowest BCUT2D eigenvalue weighted by Gasteiger charge is -1.98. The van der Waals surface area contributed by atoms with Crippen LogP contribution in [0.5, 0.6) is 5.75 Å². The molecule has 3 aromatic rings. The summed E-state index contributed by atoms with van der Waals surface area (Å²) in [5, 5.41) is 9.73. The van der Waals surface area contributed by atoms with Crippen molar-refractivity contribution >= 4 is 17.0 Å². The number of fused-ring (bicyclic) bond motifs is 1. The minimum Gasteiger partial charge on any atom is -0.507 e. The number of para-hydroxylation sites is 1. The number of imidazole rings is 1. The van der Waals surface area contributed by atoms with Crippen LogP contribution < -0.4 is 5.73 Å². The van der Waals surface area contributed by atoms with Gasteiger partial charge in [0.25, 0.3) is 0 Å². The summed E-state index contributed by atoms with van der Waals surface area (Å²) in [5.41, 5.74) is 7.36. The van der Waals surface area contributed by atoms with Crippen molar-refractivity contribution in [2.75, 3.05) is 5.73 Å². The van der Waals surface area contributed by atoms with Crippen LogP contribution in [0.3, 0.4) is 0 Å². The summed E-state index contributed by atoms with van der Waals surface area (Å²) in [6.07, 6.45) is 1.35. The number of H-pyrrole nitrogens is 1. The molecule has 0 saturated heterocycles. The molecule has 17 heavy (non-hydrogen) atoms. The van der Waals surface area contributed by atoms with Crippen LogP contribution in [-0.2, 0) is 0 Å². The molecular weight excluding hydrogens is 218 g/mol. The van der Waals surface area contributed by atoms with Crippen molar-refractivity contribution in [2.24, 2.45) is 0 Å². The maximum Gasteiger partial charge on any atom is 0.183 e. The first kappa shape index (κ1) is 9.59. The van der Waals surface area contributed by atoms with Crippen molar-refractivity contribution in [3.05, 3.63) is 30.6 Å². The molecule has 2 heterocycles. The standard InChI is InChI=1S/C11H9N5O/c12-9-8-11(14-5-13-9)16-10(15-8)6-3-1-2-4-7(6)17/h1-5,17H,(H3,12,13,14,15,16). The highest BCUT2D eigenvalue weighted by Gasteiger charge is 2.11. The monoisotopic (exact) mass is 227 g/mol. The Hall–Kier alpha value is -2.63. The van der Waals surface area contributed by atoms with E-state index in [9.17, 15) is 5.11 Å². The molecular formula is C11H9N5O. The molecule has 0 aliphatic rings. The fraction of sp³-hybridized carbons (Fsp3) is 0. The van der Waals surface area contributed by atoms with E-state index in [1.807, 2.05) is 6.07 Å². The van der Waals surface area contributed by atoms with Gasteiger partial charge in [-0.3, -0.25) is 0 Å². The third-order valence-electron chi connectivity index (χ3n) is 2.48. The number of nitrogens with one attached hydrogen (secondary N) is 1. The molecule has 1 aromatic carbocycles. The third-order valence-corrected chi connectivity index (χ3v) is 2.48. The molecule has 0 amide bonds. The van der Waals surface area contributed by atoms with E-state index in [0.717, 1.165) is 0 Å². The second-order valence-electron chi connectivity index (χ2n) is 3.56. The second kappa shape index (κ2) is 3.44. The van der Waals surface area contributed by atoms with Crippen molar-refractivity contribution in [3.63, 3.8) is 0 Å². The summed E-state index contributed by atoms with van der Waals surface area (Å²) in [4.78, 5) is 15.1. The van der Waals surface area contributed by atoms with Gasteiger partial charge in [-0.05, 0) is 12.1 Å². The van der Waals surface area contributed by atoms with Crippen molar-refractivity contribution < 1.29 is 5.11 Å². The van der Waals surface area contributed by atoms with Crippen LogP contribution in [0.1, 0.15) is 0 Å². The van der Waals surface area contributed by atoms with E-state index < -0.39 is 0 Å². The molecule has 0 aliphatic carbocycles. The van der Waals surface area contributed by atoms with Crippen LogP contribution in [0, 0.1) is 0 Å². The number of aromatic amines is 1. The highest BCUT2D eigenvalue weighted by molar-refractivity contribution is 5.84. The minimum atomic E-state index is 0.151. The van der Waals surface area contributed by atoms with Gasteiger partial charge in [0, 0.05) is 0 Å². The van der Waals surface area contributed by atoms with Crippen LogP contribution in [-0.4, -0.2) is 25.0 Å². The minimum absolute atomic E-state index is 0.151. The first-order valence-electron chi connectivity index (χ1n) is 5.00. The van der Waals surface area contributed by atoms with E-state index in [-0.39, 0.29) is 5.75 Å². The average molecular weight is 227 g/mol. The number of hydrogen-bond acceptors (Lipinski definition) is 5. The number of benzene rings is 1. The van der Waals surface area contributed by atoms with Gasteiger partial charge >= 0.3 is 0 Å². The molecule has 6 nitrogen and oxygen atoms in total. The number of nitrogens with zero attached hydrogens (tertiary/aromatic N) is 3. The van der Waals surface area contributed by atoms with Gasteiger partial charge in [0.2, 0.25) is 0 Å². The lowest BCUT2D eigenvalue weighted by Crippen LogP contribution is -1.91. The Bertz CT molecular complexity index is 691. The number of rotatable bonds is 1. The third kappa shape index (κ3) is 1.46. The summed E-state index contributed by atoms with van der Waals surface area (Å²) in [5.74, 6) is 1.01. The van der Waals surface area contributed by atoms with Crippen molar-refractivity contribution in [3.8, 4) is 17.1 Å². The molecule has 0 bridgehead atoms. The zero-order valence-electron chi connectivity index (χ0n) is 8.75. The molecule has 0 aliphatic heterocycles. The Morgan fingerprint density at radius 2 is 2.00 bits per heavy atom. The quantitative estimate of drug-likeness (QED) is 0.581. The van der Waals surface area contributed by atoms with Gasteiger partial charge in [0.05, 0.1) is 5.56 Å². The van der Waals surface area contributed by atoms with E-state index in [1.54, 1.807) is 18.2 Å². The van der Waals surface area contributed by atoms with Crippen LogP contribution >= 0.6 is 0 Å². The van der Waals surface area contributed by atoms with E-state index >= 15 is 0 Å². The predicted octanol–water partition coefficient (Wildman–Crippen LogP) is 1.31. The molecule has 0 unspecified atom stereocenters. The summed E-state index contributed by atoms with van der Waals surface area (Å²) in [6.45, 7) is 0. The van der Waals surface area contributed by atoms with Crippen LogP contribution in [0.2, 0.25) is 0 Å². The molecule has 0 atom stereocenters. The second-order valence-corrected chi connectivity index (χ2v) is 3.56. The zero-order chi connectivity index (χ0) is 11.8. The average Bonchev–Trinajstić information content (AvgIpc) is 2.75. The number of aromatic nitrogens is 4. The van der Waals surface area contributed by atoms with Gasteiger partial charge in [-0.1, -0.05) is 12.1 Å². The first-order chi connectivity index (χ1) is 8.25. The molecule has 0 fully saturated rings. The van der Waals surface area contributed by atoms with E-state index in [2.05, 4.69) is 19.9 Å². The predicted molar refractivity (Wildman–Crippen MR) is 63.2 cm³/mol. The van der Waals surface area contributed by atoms with Gasteiger partial charge in [-0.15, -0.1) is 0 Å². The molecule has 84 valence electrons. The summed E-state index contributed by atoms with van der Waals surface area (Å²) < 4.78 is 0. The molecule has 4 N–H and O–H groups in total. The number of aromatic hydroxyl groups is 1. The Morgan fingerprint density at radius 1 is 1.18 bits per heavy atom. The number of hydrogen-bond donors (Lipinski definition) is 3. The van der Waals surface area contributed by atoms with Crippen LogP contribution in [0.15, 0.2) is 30.6 Å². The molecule has 0 radical (unpaired) electrons. The molecule has 0 saturated carbocycles. The fourth-order valence-electron chi connectivity index (χ4n) is 1.65. The van der Waals surface area contributed by atoms with Gasteiger partial charge in [-0.2, -0.15) is 0 Å². The lowest BCUT2D eigenvalue weighted by molar-refractivity contribution is 0.477. The Kier molecular flexibility index (Phi) is 1.94. The van der Waals surface area contributed by atoms with Crippen molar-refractivity contribution in [1.29, 1.82) is 0 Å². The van der Waals surface area contributed by atoms with Crippen LogP contribution in [0.4, 0.5) is 5.82 Å². The number of nitrogen functional groups attached to an aromatic ring is 1. The van der Waals surface area contributed by atoms with E-state index in [0.29, 0.717) is 28.4 Å². The zero-order valence-corrected chi connectivity index (χ0v) is 8.75. The topological polar surface area (TPSA) is 101 Å². The number of phenols is 1. The maximum absolute atomic E-state index is 9.73. The van der Waals surface area contributed by atoms with E-state index in [4.69, 9.17) is 5.73 Å². The Balaban J connectivity index is 2.26. The normalized spacial score (nSPS) is 10.8. The Labute approximate surface area is 96.2 Å². The number of anilines is 1. The molecule has 0 spiro atoms. The Morgan fingerprint density at radius 3 is 2.76 bits per heavy atom. The highest BCUT2D eigenvalue weighted by Crippen LogP contribution is 2.28. The SMILES string of the molecule is Nc1ncnc2nc(-c3ccccc3O)[nH]c12. The van der Waals surface area contributed by atoms with Crippen molar-refractivity contribution in [2.45, 2.75) is 0 Å². The van der Waals surface area contributed by atoms with Crippen LogP contribution in [0.25, 0.3) is 22.6 Å². The summed E-state index contributed by atoms with van der Waals surface area (Å²) >= 11 is 0. The first-order valence-corrected chi connectivity index (χ1v) is 5.00. The molecule has 3 rings (SSSR count). The summed E-state index contributed by atoms with van der Waals surface area (Å²) in [6, 6.07) is 6.92. The van der Waals surface area contributed by atoms with Gasteiger partial charge in [0.15, 0.2) is 11.5 Å². The molecule has 6 heteroatoms.